The second-order valence-electron chi connectivity index (χ2n) is 4.99. The lowest BCUT2D eigenvalue weighted by atomic mass is 10.0. The topological polar surface area (TPSA) is 49.0 Å². The van der Waals surface area contributed by atoms with Crippen molar-refractivity contribution in [3.8, 4) is 0 Å². The monoisotopic (exact) mass is 305 g/mol. The molecule has 0 bridgehead atoms. The molecule has 1 N–H and O–H groups in total. The van der Waals surface area contributed by atoms with Gasteiger partial charge in [0.15, 0.2) is 0 Å². The molecule has 21 heavy (non-hydrogen) atoms. The molecular formula is C16H35NO4. The quantitative estimate of drug-likeness (QED) is 0.443. The van der Waals surface area contributed by atoms with Crippen molar-refractivity contribution in [3.63, 3.8) is 0 Å². The molecule has 0 spiro atoms. The molecule has 2 unspecified atom stereocenters. The van der Waals surface area contributed by atoms with E-state index >= 15 is 0 Å². The lowest BCUT2D eigenvalue weighted by Gasteiger charge is -2.27. The van der Waals surface area contributed by atoms with E-state index < -0.39 is 0 Å². The molecule has 0 heterocycles. The lowest BCUT2D eigenvalue weighted by molar-refractivity contribution is -0.0281. The Hall–Kier alpha value is -0.200. The Morgan fingerprint density at radius 3 is 2.00 bits per heavy atom. The summed E-state index contributed by atoms with van der Waals surface area (Å²) in [5.41, 5.74) is 0. The number of rotatable bonds is 16. The summed E-state index contributed by atoms with van der Waals surface area (Å²) in [6.07, 6.45) is 3.62. The maximum atomic E-state index is 5.96. The van der Waals surface area contributed by atoms with Gasteiger partial charge in [0.05, 0.1) is 45.7 Å². The van der Waals surface area contributed by atoms with Gasteiger partial charge in [0.25, 0.3) is 0 Å². The van der Waals surface area contributed by atoms with Gasteiger partial charge in [0, 0.05) is 13.2 Å². The van der Waals surface area contributed by atoms with Crippen LogP contribution in [0, 0.1) is 0 Å². The number of methoxy groups -OCH3 is 1. The van der Waals surface area contributed by atoms with Crippen LogP contribution in [-0.2, 0) is 18.9 Å². The van der Waals surface area contributed by atoms with E-state index in [2.05, 4.69) is 26.1 Å². The van der Waals surface area contributed by atoms with E-state index in [4.69, 9.17) is 18.9 Å². The van der Waals surface area contributed by atoms with Crippen LogP contribution in [0.3, 0.4) is 0 Å². The molecule has 0 amide bonds. The van der Waals surface area contributed by atoms with Gasteiger partial charge in [0.1, 0.15) is 0 Å². The van der Waals surface area contributed by atoms with Crippen molar-refractivity contribution >= 4 is 0 Å². The molecule has 0 rings (SSSR count). The molecule has 0 fully saturated rings. The SMILES string of the molecule is CCCC(NCC)C(CC)OCCOCCOCCOC. The Balaban J connectivity index is 3.61. The summed E-state index contributed by atoms with van der Waals surface area (Å²) in [5, 5.41) is 3.52. The fourth-order valence-electron chi connectivity index (χ4n) is 2.23. The largest absolute Gasteiger partial charge is 0.382 e. The minimum Gasteiger partial charge on any atom is -0.382 e. The first-order valence-corrected chi connectivity index (χ1v) is 8.29. The number of nitrogens with one attached hydrogen (secondary N) is 1. The first-order chi connectivity index (χ1) is 10.3. The van der Waals surface area contributed by atoms with Crippen LogP contribution in [0.2, 0.25) is 0 Å². The van der Waals surface area contributed by atoms with Gasteiger partial charge >= 0.3 is 0 Å². The van der Waals surface area contributed by atoms with Crippen molar-refractivity contribution < 1.29 is 18.9 Å². The first kappa shape index (κ1) is 20.8. The average molecular weight is 305 g/mol. The van der Waals surface area contributed by atoms with Crippen molar-refractivity contribution in [3.05, 3.63) is 0 Å². The van der Waals surface area contributed by atoms with E-state index in [0.717, 1.165) is 19.4 Å². The molecule has 0 saturated carbocycles. The highest BCUT2D eigenvalue weighted by atomic mass is 16.6. The van der Waals surface area contributed by atoms with Gasteiger partial charge in [-0.2, -0.15) is 0 Å². The standard InChI is InChI=1S/C16H35NO4/c1-5-8-15(17-7-3)16(6-2)21-14-13-20-12-11-19-10-9-18-4/h15-17H,5-14H2,1-4H3. The third-order valence-electron chi connectivity index (χ3n) is 3.28. The molecule has 0 radical (unpaired) electrons. The third-order valence-corrected chi connectivity index (χ3v) is 3.28. The molecule has 0 aromatic heterocycles. The maximum Gasteiger partial charge on any atom is 0.0726 e. The zero-order valence-corrected chi connectivity index (χ0v) is 14.4. The van der Waals surface area contributed by atoms with Crippen LogP contribution in [-0.4, -0.2) is 65.4 Å². The number of likely N-dealkylation sites (N-methyl/N-ethyl adjacent to an activating group) is 1. The molecule has 5 heteroatoms. The highest BCUT2D eigenvalue weighted by Crippen LogP contribution is 2.10. The number of ether oxygens (including phenoxy) is 4. The van der Waals surface area contributed by atoms with E-state index in [1.54, 1.807) is 7.11 Å². The number of hydrogen-bond donors (Lipinski definition) is 1. The van der Waals surface area contributed by atoms with Gasteiger partial charge in [-0.3, -0.25) is 0 Å². The molecule has 2 atom stereocenters. The van der Waals surface area contributed by atoms with Gasteiger partial charge in [0.2, 0.25) is 0 Å². The fraction of sp³-hybridized carbons (Fsp3) is 1.00. The van der Waals surface area contributed by atoms with Crippen molar-refractivity contribution in [2.45, 2.75) is 52.2 Å². The van der Waals surface area contributed by atoms with E-state index in [0.29, 0.717) is 45.7 Å². The molecule has 0 aliphatic carbocycles. The Kier molecular flexibility index (Phi) is 16.0. The maximum absolute atomic E-state index is 5.96. The van der Waals surface area contributed by atoms with Crippen LogP contribution in [0.4, 0.5) is 0 Å². The number of hydrogen-bond acceptors (Lipinski definition) is 5. The van der Waals surface area contributed by atoms with Gasteiger partial charge in [-0.05, 0) is 19.4 Å². The predicted molar refractivity (Wildman–Crippen MR) is 85.9 cm³/mol. The predicted octanol–water partition coefficient (Wildman–Crippen LogP) is 2.24. The smallest absolute Gasteiger partial charge is 0.0726 e. The minimum absolute atomic E-state index is 0.270. The van der Waals surface area contributed by atoms with Crippen LogP contribution in [0.5, 0.6) is 0 Å². The van der Waals surface area contributed by atoms with Crippen LogP contribution in [0.25, 0.3) is 0 Å². The van der Waals surface area contributed by atoms with E-state index in [1.165, 1.54) is 6.42 Å². The summed E-state index contributed by atoms with van der Waals surface area (Å²) in [6, 6.07) is 0.447. The molecule has 0 aromatic carbocycles. The van der Waals surface area contributed by atoms with Crippen molar-refractivity contribution in [2.24, 2.45) is 0 Å². The van der Waals surface area contributed by atoms with Gasteiger partial charge in [-0.1, -0.05) is 27.2 Å². The Morgan fingerprint density at radius 1 is 0.857 bits per heavy atom. The zero-order valence-electron chi connectivity index (χ0n) is 14.4. The average Bonchev–Trinajstić information content (AvgIpc) is 2.49. The van der Waals surface area contributed by atoms with E-state index in [9.17, 15) is 0 Å². The Morgan fingerprint density at radius 2 is 1.48 bits per heavy atom. The molecule has 0 saturated heterocycles. The van der Waals surface area contributed by atoms with Crippen LogP contribution < -0.4 is 5.32 Å². The van der Waals surface area contributed by atoms with E-state index in [1.807, 2.05) is 0 Å². The summed E-state index contributed by atoms with van der Waals surface area (Å²) in [6.45, 7) is 11.2. The zero-order chi connectivity index (χ0) is 15.8. The highest BCUT2D eigenvalue weighted by Gasteiger charge is 2.18. The summed E-state index contributed by atoms with van der Waals surface area (Å²) >= 11 is 0. The minimum atomic E-state index is 0.270. The molecular weight excluding hydrogens is 270 g/mol. The molecule has 128 valence electrons. The van der Waals surface area contributed by atoms with Gasteiger partial charge < -0.3 is 24.3 Å². The van der Waals surface area contributed by atoms with Crippen molar-refractivity contribution in [2.75, 3.05) is 53.3 Å². The molecule has 5 nitrogen and oxygen atoms in total. The van der Waals surface area contributed by atoms with E-state index in [-0.39, 0.29) is 6.10 Å². The normalized spacial score (nSPS) is 14.3. The Bertz CT molecular complexity index is 199. The van der Waals surface area contributed by atoms with Crippen LogP contribution >= 0.6 is 0 Å². The molecule has 0 aromatic rings. The fourth-order valence-corrected chi connectivity index (χ4v) is 2.23. The summed E-state index contributed by atoms with van der Waals surface area (Å²) < 4.78 is 21.7. The molecule has 0 aliphatic rings. The summed E-state index contributed by atoms with van der Waals surface area (Å²) in [4.78, 5) is 0. The third kappa shape index (κ3) is 12.1. The first-order valence-electron chi connectivity index (χ1n) is 8.29. The van der Waals surface area contributed by atoms with Crippen molar-refractivity contribution in [1.29, 1.82) is 0 Å². The van der Waals surface area contributed by atoms with Crippen molar-refractivity contribution in [1.82, 2.24) is 5.32 Å². The second-order valence-corrected chi connectivity index (χ2v) is 4.99. The highest BCUT2D eigenvalue weighted by molar-refractivity contribution is 4.75. The second kappa shape index (κ2) is 16.2. The lowest BCUT2D eigenvalue weighted by Crippen LogP contribution is -2.41. The molecule has 0 aliphatic heterocycles. The Labute approximate surface area is 130 Å². The summed E-state index contributed by atoms with van der Waals surface area (Å²) in [7, 11) is 1.67. The van der Waals surface area contributed by atoms with Gasteiger partial charge in [-0.25, -0.2) is 0 Å². The van der Waals surface area contributed by atoms with Crippen LogP contribution in [0.15, 0.2) is 0 Å². The van der Waals surface area contributed by atoms with Gasteiger partial charge in [-0.15, -0.1) is 0 Å². The van der Waals surface area contributed by atoms with Crippen LogP contribution in [0.1, 0.15) is 40.0 Å². The summed E-state index contributed by atoms with van der Waals surface area (Å²) in [5.74, 6) is 0.